The van der Waals surface area contributed by atoms with Crippen molar-refractivity contribution in [2.24, 2.45) is 5.92 Å². The van der Waals surface area contributed by atoms with Crippen molar-refractivity contribution in [2.45, 2.75) is 44.6 Å². The Morgan fingerprint density at radius 2 is 2.00 bits per heavy atom. The summed E-state index contributed by atoms with van der Waals surface area (Å²) in [6, 6.07) is 0.215. The molecule has 2 aliphatic rings. The highest BCUT2D eigenvalue weighted by molar-refractivity contribution is 5.74. The third-order valence-electron chi connectivity index (χ3n) is 4.12. The van der Waals surface area contributed by atoms with E-state index in [1.54, 1.807) is 0 Å². The van der Waals surface area contributed by atoms with Crippen LogP contribution in [-0.2, 0) is 9.53 Å². The van der Waals surface area contributed by atoms with E-state index in [0.29, 0.717) is 32.1 Å². The van der Waals surface area contributed by atoms with Crippen LogP contribution in [0.1, 0.15) is 38.5 Å². The van der Waals surface area contributed by atoms with Crippen LogP contribution in [-0.4, -0.2) is 54.4 Å². The molecule has 20 heavy (non-hydrogen) atoms. The van der Waals surface area contributed by atoms with Crippen molar-refractivity contribution in [1.29, 1.82) is 0 Å². The molecular weight excluding hydrogens is 260 g/mol. The SMILES string of the molecule is O=C(O)CCC1CCCN(C(=O)NC2CCOCC2)C1. The number of amides is 2. The lowest BCUT2D eigenvalue weighted by atomic mass is 9.93. The minimum atomic E-state index is -0.756. The van der Waals surface area contributed by atoms with Crippen LogP contribution in [0.25, 0.3) is 0 Å². The zero-order valence-electron chi connectivity index (χ0n) is 11.8. The molecule has 114 valence electrons. The molecule has 0 aliphatic carbocycles. The Kier molecular flexibility index (Phi) is 5.64. The Balaban J connectivity index is 1.75. The first-order chi connectivity index (χ1) is 9.65. The highest BCUT2D eigenvalue weighted by atomic mass is 16.5. The van der Waals surface area contributed by atoms with Gasteiger partial charge in [0.1, 0.15) is 0 Å². The van der Waals surface area contributed by atoms with Crippen molar-refractivity contribution in [3.63, 3.8) is 0 Å². The van der Waals surface area contributed by atoms with Crippen LogP contribution in [0, 0.1) is 5.92 Å². The predicted octanol–water partition coefficient (Wildman–Crippen LogP) is 1.45. The quantitative estimate of drug-likeness (QED) is 0.819. The highest BCUT2D eigenvalue weighted by Gasteiger charge is 2.26. The van der Waals surface area contributed by atoms with E-state index in [1.807, 2.05) is 4.90 Å². The van der Waals surface area contributed by atoms with Gasteiger partial charge in [-0.1, -0.05) is 0 Å². The summed E-state index contributed by atoms with van der Waals surface area (Å²) in [5, 5.41) is 11.8. The first kappa shape index (κ1) is 15.1. The first-order valence-electron chi connectivity index (χ1n) is 7.50. The topological polar surface area (TPSA) is 78.9 Å². The van der Waals surface area contributed by atoms with Crippen molar-refractivity contribution in [2.75, 3.05) is 26.3 Å². The van der Waals surface area contributed by atoms with Crippen LogP contribution in [0.5, 0.6) is 0 Å². The maximum absolute atomic E-state index is 12.2. The Morgan fingerprint density at radius 3 is 2.70 bits per heavy atom. The van der Waals surface area contributed by atoms with E-state index in [1.165, 1.54) is 0 Å². The summed E-state index contributed by atoms with van der Waals surface area (Å²) >= 11 is 0. The fourth-order valence-electron chi connectivity index (χ4n) is 2.92. The van der Waals surface area contributed by atoms with Gasteiger partial charge in [0.05, 0.1) is 0 Å². The summed E-state index contributed by atoms with van der Waals surface area (Å²) in [4.78, 5) is 24.7. The largest absolute Gasteiger partial charge is 0.481 e. The molecule has 0 aromatic rings. The maximum Gasteiger partial charge on any atom is 0.317 e. The first-order valence-corrected chi connectivity index (χ1v) is 7.50. The number of piperidine rings is 1. The van der Waals surface area contributed by atoms with Crippen molar-refractivity contribution in [3.05, 3.63) is 0 Å². The number of rotatable bonds is 4. The van der Waals surface area contributed by atoms with Crippen LogP contribution in [0.15, 0.2) is 0 Å². The van der Waals surface area contributed by atoms with Gasteiger partial charge in [0, 0.05) is 38.8 Å². The third-order valence-corrected chi connectivity index (χ3v) is 4.12. The van der Waals surface area contributed by atoms with Crippen molar-refractivity contribution in [1.82, 2.24) is 10.2 Å². The Hall–Kier alpha value is -1.30. The number of nitrogens with zero attached hydrogens (tertiary/aromatic N) is 1. The number of carbonyl (C=O) groups is 2. The number of hydrogen-bond donors (Lipinski definition) is 2. The monoisotopic (exact) mass is 284 g/mol. The maximum atomic E-state index is 12.2. The summed E-state index contributed by atoms with van der Waals surface area (Å²) < 4.78 is 5.28. The van der Waals surface area contributed by atoms with Crippen LogP contribution in [0.2, 0.25) is 0 Å². The molecule has 1 unspecified atom stereocenters. The van der Waals surface area contributed by atoms with E-state index >= 15 is 0 Å². The molecule has 2 amide bonds. The highest BCUT2D eigenvalue weighted by Crippen LogP contribution is 2.21. The van der Waals surface area contributed by atoms with Gasteiger partial charge >= 0.3 is 12.0 Å². The number of likely N-dealkylation sites (tertiary alicyclic amines) is 1. The van der Waals surface area contributed by atoms with E-state index in [9.17, 15) is 9.59 Å². The van der Waals surface area contributed by atoms with Gasteiger partial charge in [-0.2, -0.15) is 0 Å². The molecule has 6 heteroatoms. The fraction of sp³-hybridized carbons (Fsp3) is 0.857. The van der Waals surface area contributed by atoms with E-state index in [-0.39, 0.29) is 18.5 Å². The van der Waals surface area contributed by atoms with Crippen molar-refractivity contribution < 1.29 is 19.4 Å². The normalized spacial score (nSPS) is 24.4. The lowest BCUT2D eigenvalue weighted by Gasteiger charge is -2.34. The number of carboxylic acids is 1. The Labute approximate surface area is 119 Å². The second kappa shape index (κ2) is 7.47. The van der Waals surface area contributed by atoms with Crippen LogP contribution < -0.4 is 5.32 Å². The van der Waals surface area contributed by atoms with Crippen LogP contribution in [0.3, 0.4) is 0 Å². The number of carbonyl (C=O) groups excluding carboxylic acids is 1. The molecule has 1 atom stereocenters. The number of nitrogens with one attached hydrogen (secondary N) is 1. The van der Waals surface area contributed by atoms with Gasteiger partial charge in [0.15, 0.2) is 0 Å². The molecule has 2 N–H and O–H groups in total. The van der Waals surface area contributed by atoms with Gasteiger partial charge in [-0.15, -0.1) is 0 Å². The lowest BCUT2D eigenvalue weighted by molar-refractivity contribution is -0.137. The van der Waals surface area contributed by atoms with Gasteiger partial charge in [-0.3, -0.25) is 4.79 Å². The standard InChI is InChI=1S/C14H24N2O4/c17-13(18)4-3-11-2-1-7-16(10-11)14(19)15-12-5-8-20-9-6-12/h11-12H,1-10H2,(H,15,19)(H,17,18). The van der Waals surface area contributed by atoms with Crippen molar-refractivity contribution in [3.8, 4) is 0 Å². The minimum Gasteiger partial charge on any atom is -0.481 e. The average molecular weight is 284 g/mol. The number of aliphatic carboxylic acids is 1. The van der Waals surface area contributed by atoms with E-state index < -0.39 is 5.97 Å². The van der Waals surface area contributed by atoms with Crippen LogP contribution >= 0.6 is 0 Å². The number of carboxylic acid groups (broad SMARTS) is 1. The second-order valence-corrected chi connectivity index (χ2v) is 5.72. The molecular formula is C14H24N2O4. The van der Waals surface area contributed by atoms with E-state index in [0.717, 1.165) is 32.2 Å². The molecule has 2 heterocycles. The predicted molar refractivity (Wildman–Crippen MR) is 73.5 cm³/mol. The zero-order valence-corrected chi connectivity index (χ0v) is 11.8. The summed E-state index contributed by atoms with van der Waals surface area (Å²) in [6.07, 6.45) is 4.60. The fourth-order valence-corrected chi connectivity index (χ4v) is 2.92. The van der Waals surface area contributed by atoms with Gasteiger partial charge in [-0.25, -0.2) is 4.79 Å². The molecule has 6 nitrogen and oxygen atoms in total. The Morgan fingerprint density at radius 1 is 1.25 bits per heavy atom. The Bertz CT molecular complexity index is 342. The molecule has 0 radical (unpaired) electrons. The summed E-state index contributed by atoms with van der Waals surface area (Å²) in [6.45, 7) is 2.89. The summed E-state index contributed by atoms with van der Waals surface area (Å²) in [5.74, 6) is -0.436. The molecule has 0 saturated carbocycles. The summed E-state index contributed by atoms with van der Waals surface area (Å²) in [7, 11) is 0. The zero-order chi connectivity index (χ0) is 14.4. The van der Waals surface area contributed by atoms with Gasteiger partial charge in [0.25, 0.3) is 0 Å². The minimum absolute atomic E-state index is 0.00285. The number of hydrogen-bond acceptors (Lipinski definition) is 3. The van der Waals surface area contributed by atoms with E-state index in [4.69, 9.17) is 9.84 Å². The summed E-state index contributed by atoms with van der Waals surface area (Å²) in [5.41, 5.74) is 0. The molecule has 0 spiro atoms. The van der Waals surface area contributed by atoms with Crippen molar-refractivity contribution >= 4 is 12.0 Å². The molecule has 0 aromatic carbocycles. The molecule has 2 saturated heterocycles. The lowest BCUT2D eigenvalue weighted by Crippen LogP contribution is -2.49. The molecule has 2 rings (SSSR count). The molecule has 2 fully saturated rings. The average Bonchev–Trinajstić information content (AvgIpc) is 2.46. The molecule has 2 aliphatic heterocycles. The number of urea groups is 1. The van der Waals surface area contributed by atoms with Gasteiger partial charge < -0.3 is 20.1 Å². The second-order valence-electron chi connectivity index (χ2n) is 5.72. The van der Waals surface area contributed by atoms with E-state index in [2.05, 4.69) is 5.32 Å². The third kappa shape index (κ3) is 4.67. The molecule has 0 bridgehead atoms. The number of ether oxygens (including phenoxy) is 1. The van der Waals surface area contributed by atoms with Gasteiger partial charge in [0.2, 0.25) is 0 Å². The molecule has 0 aromatic heterocycles. The van der Waals surface area contributed by atoms with Gasteiger partial charge in [-0.05, 0) is 38.0 Å². The smallest absolute Gasteiger partial charge is 0.317 e. The van der Waals surface area contributed by atoms with Crippen LogP contribution in [0.4, 0.5) is 4.79 Å².